The lowest BCUT2D eigenvalue weighted by Gasteiger charge is -2.04. The van der Waals surface area contributed by atoms with Crippen molar-refractivity contribution >= 4 is 12.4 Å². The number of nitrogens with two attached hydrogens (primary N) is 1. The molecule has 0 bridgehead atoms. The first-order valence-corrected chi connectivity index (χ1v) is 4.12. The van der Waals surface area contributed by atoms with E-state index in [2.05, 4.69) is 0 Å². The molecule has 2 rings (SSSR count). The fourth-order valence-corrected chi connectivity index (χ4v) is 2.61. The van der Waals surface area contributed by atoms with E-state index in [1.807, 2.05) is 0 Å². The highest BCUT2D eigenvalue weighted by atomic mass is 35.5. The molecule has 0 aromatic carbocycles. The SMILES string of the molecule is Cl.NC1CC2CCCC2C1. The minimum atomic E-state index is 0. The summed E-state index contributed by atoms with van der Waals surface area (Å²) in [5, 5.41) is 0. The second kappa shape index (κ2) is 3.10. The Hall–Kier alpha value is 0.250. The van der Waals surface area contributed by atoms with E-state index in [-0.39, 0.29) is 12.4 Å². The van der Waals surface area contributed by atoms with E-state index in [9.17, 15) is 0 Å². The standard InChI is InChI=1S/C8H15N.ClH/c9-8-4-6-2-1-3-7(6)5-8;/h6-8H,1-5,9H2;1H. The molecule has 60 valence electrons. The van der Waals surface area contributed by atoms with Gasteiger partial charge >= 0.3 is 0 Å². The van der Waals surface area contributed by atoms with Gasteiger partial charge in [0.1, 0.15) is 0 Å². The molecule has 2 saturated carbocycles. The average molecular weight is 162 g/mol. The maximum Gasteiger partial charge on any atom is 0.00443 e. The van der Waals surface area contributed by atoms with Crippen LogP contribution in [-0.4, -0.2) is 6.04 Å². The van der Waals surface area contributed by atoms with Crippen molar-refractivity contribution in [2.75, 3.05) is 0 Å². The third kappa shape index (κ3) is 1.30. The summed E-state index contributed by atoms with van der Waals surface area (Å²) in [7, 11) is 0. The molecule has 0 spiro atoms. The first kappa shape index (κ1) is 8.35. The van der Waals surface area contributed by atoms with Crippen LogP contribution >= 0.6 is 12.4 Å². The van der Waals surface area contributed by atoms with E-state index >= 15 is 0 Å². The third-order valence-electron chi connectivity index (χ3n) is 3.03. The van der Waals surface area contributed by atoms with Crippen LogP contribution in [0, 0.1) is 11.8 Å². The molecule has 10 heavy (non-hydrogen) atoms. The van der Waals surface area contributed by atoms with Crippen LogP contribution in [0.1, 0.15) is 32.1 Å². The summed E-state index contributed by atoms with van der Waals surface area (Å²) in [5.41, 5.74) is 5.82. The molecule has 2 aliphatic carbocycles. The van der Waals surface area contributed by atoms with Crippen LogP contribution in [0.3, 0.4) is 0 Å². The van der Waals surface area contributed by atoms with E-state index in [0.717, 1.165) is 11.8 Å². The van der Waals surface area contributed by atoms with Crippen LogP contribution in [0.2, 0.25) is 0 Å². The average Bonchev–Trinajstić information content (AvgIpc) is 2.22. The Morgan fingerprint density at radius 2 is 1.50 bits per heavy atom. The minimum absolute atomic E-state index is 0. The number of fused-ring (bicyclic) bond motifs is 1. The van der Waals surface area contributed by atoms with Gasteiger partial charge in [0.15, 0.2) is 0 Å². The molecular formula is C8H16ClN. The number of hydrogen-bond donors (Lipinski definition) is 1. The van der Waals surface area contributed by atoms with Gasteiger partial charge in [0.25, 0.3) is 0 Å². The van der Waals surface area contributed by atoms with E-state index in [1.165, 1.54) is 32.1 Å². The van der Waals surface area contributed by atoms with Gasteiger partial charge in [0.05, 0.1) is 0 Å². The van der Waals surface area contributed by atoms with Crippen LogP contribution in [0.4, 0.5) is 0 Å². The molecular weight excluding hydrogens is 146 g/mol. The van der Waals surface area contributed by atoms with Crippen molar-refractivity contribution in [3.05, 3.63) is 0 Å². The molecule has 2 unspecified atom stereocenters. The summed E-state index contributed by atoms with van der Waals surface area (Å²) >= 11 is 0. The molecule has 0 aromatic rings. The van der Waals surface area contributed by atoms with Gasteiger partial charge in [-0.15, -0.1) is 12.4 Å². The molecule has 2 aliphatic rings. The summed E-state index contributed by atoms with van der Waals surface area (Å²) < 4.78 is 0. The monoisotopic (exact) mass is 161 g/mol. The van der Waals surface area contributed by atoms with Crippen molar-refractivity contribution < 1.29 is 0 Å². The first-order valence-electron chi connectivity index (χ1n) is 4.12. The van der Waals surface area contributed by atoms with Crippen LogP contribution in [0.25, 0.3) is 0 Å². The van der Waals surface area contributed by atoms with Crippen LogP contribution in [0.5, 0.6) is 0 Å². The van der Waals surface area contributed by atoms with Gasteiger partial charge in [-0.1, -0.05) is 19.3 Å². The van der Waals surface area contributed by atoms with E-state index in [0.29, 0.717) is 6.04 Å². The van der Waals surface area contributed by atoms with E-state index in [1.54, 1.807) is 0 Å². The Labute approximate surface area is 68.8 Å². The predicted octanol–water partition coefficient (Wildman–Crippen LogP) is 1.95. The highest BCUT2D eigenvalue weighted by Gasteiger charge is 2.35. The molecule has 0 radical (unpaired) electrons. The van der Waals surface area contributed by atoms with Crippen molar-refractivity contribution in [1.29, 1.82) is 0 Å². The Kier molecular flexibility index (Phi) is 2.59. The van der Waals surface area contributed by atoms with E-state index < -0.39 is 0 Å². The zero-order valence-corrected chi connectivity index (χ0v) is 7.07. The summed E-state index contributed by atoms with van der Waals surface area (Å²) in [4.78, 5) is 0. The van der Waals surface area contributed by atoms with Crippen molar-refractivity contribution in [1.82, 2.24) is 0 Å². The van der Waals surface area contributed by atoms with Crippen LogP contribution in [-0.2, 0) is 0 Å². The van der Waals surface area contributed by atoms with Crippen LogP contribution < -0.4 is 5.73 Å². The zero-order chi connectivity index (χ0) is 6.27. The van der Waals surface area contributed by atoms with Gasteiger partial charge in [-0.25, -0.2) is 0 Å². The molecule has 0 aromatic heterocycles. The van der Waals surface area contributed by atoms with Gasteiger partial charge in [0, 0.05) is 6.04 Å². The maximum absolute atomic E-state index is 5.82. The first-order chi connectivity index (χ1) is 4.36. The normalized spacial score (nSPS) is 44.7. The quantitative estimate of drug-likeness (QED) is 0.578. The van der Waals surface area contributed by atoms with Crippen LogP contribution in [0.15, 0.2) is 0 Å². The zero-order valence-electron chi connectivity index (χ0n) is 6.25. The summed E-state index contributed by atoms with van der Waals surface area (Å²) in [5.74, 6) is 2.06. The smallest absolute Gasteiger partial charge is 0.00443 e. The molecule has 0 amide bonds. The molecule has 0 aliphatic heterocycles. The molecule has 0 heterocycles. The lowest BCUT2D eigenvalue weighted by Crippen LogP contribution is -2.15. The van der Waals surface area contributed by atoms with Gasteiger partial charge in [-0.2, -0.15) is 0 Å². The maximum atomic E-state index is 5.82. The fraction of sp³-hybridized carbons (Fsp3) is 1.00. The number of rotatable bonds is 0. The summed E-state index contributed by atoms with van der Waals surface area (Å²) in [6.45, 7) is 0. The molecule has 1 nitrogen and oxygen atoms in total. The third-order valence-corrected chi connectivity index (χ3v) is 3.03. The highest BCUT2D eigenvalue weighted by Crippen LogP contribution is 2.42. The second-order valence-corrected chi connectivity index (χ2v) is 3.68. The second-order valence-electron chi connectivity index (χ2n) is 3.68. The Morgan fingerprint density at radius 3 is 2.00 bits per heavy atom. The Balaban J connectivity index is 0.000000500. The van der Waals surface area contributed by atoms with Gasteiger partial charge < -0.3 is 5.73 Å². The number of hydrogen-bond acceptors (Lipinski definition) is 1. The van der Waals surface area contributed by atoms with Crippen molar-refractivity contribution in [2.45, 2.75) is 38.1 Å². The topological polar surface area (TPSA) is 26.0 Å². The lowest BCUT2D eigenvalue weighted by atomic mass is 10.0. The van der Waals surface area contributed by atoms with Gasteiger partial charge in [-0.3, -0.25) is 0 Å². The van der Waals surface area contributed by atoms with Gasteiger partial charge in [0.2, 0.25) is 0 Å². The Bertz CT molecular complexity index is 104. The molecule has 0 saturated heterocycles. The number of halogens is 1. The van der Waals surface area contributed by atoms with Crippen molar-refractivity contribution in [3.8, 4) is 0 Å². The van der Waals surface area contributed by atoms with Crippen molar-refractivity contribution in [3.63, 3.8) is 0 Å². The minimum Gasteiger partial charge on any atom is -0.328 e. The predicted molar refractivity (Wildman–Crippen MR) is 45.3 cm³/mol. The van der Waals surface area contributed by atoms with Gasteiger partial charge in [-0.05, 0) is 24.7 Å². The molecule has 2 heteroatoms. The summed E-state index contributed by atoms with van der Waals surface area (Å²) in [6, 6.07) is 0.556. The van der Waals surface area contributed by atoms with E-state index in [4.69, 9.17) is 5.73 Å². The molecule has 2 fully saturated rings. The lowest BCUT2D eigenvalue weighted by molar-refractivity contribution is 0.457. The largest absolute Gasteiger partial charge is 0.328 e. The Morgan fingerprint density at radius 1 is 1.00 bits per heavy atom. The summed E-state index contributed by atoms with van der Waals surface area (Å²) in [6.07, 6.45) is 7.06. The fourth-order valence-electron chi connectivity index (χ4n) is 2.61. The molecule has 2 atom stereocenters. The highest BCUT2D eigenvalue weighted by molar-refractivity contribution is 5.85. The van der Waals surface area contributed by atoms with Crippen molar-refractivity contribution in [2.24, 2.45) is 17.6 Å². The molecule has 2 N–H and O–H groups in total.